The van der Waals surface area contributed by atoms with E-state index in [2.05, 4.69) is 11.9 Å². The molecule has 1 atom stereocenters. The van der Waals surface area contributed by atoms with Gasteiger partial charge in [-0.15, -0.1) is 0 Å². The summed E-state index contributed by atoms with van der Waals surface area (Å²) in [4.78, 5) is 0. The van der Waals surface area contributed by atoms with Gasteiger partial charge < -0.3 is 5.32 Å². The third-order valence-corrected chi connectivity index (χ3v) is 3.43. The molecule has 110 valence electrons. The molecule has 0 amide bonds. The van der Waals surface area contributed by atoms with Crippen molar-refractivity contribution >= 4 is 11.6 Å². The summed E-state index contributed by atoms with van der Waals surface area (Å²) in [6.07, 6.45) is 1.37. The first kappa shape index (κ1) is 16.7. The highest BCUT2D eigenvalue weighted by Gasteiger charge is 2.29. The van der Waals surface area contributed by atoms with Crippen LogP contribution in [0.4, 0.5) is 8.78 Å². The van der Waals surface area contributed by atoms with Gasteiger partial charge in [0.15, 0.2) is 0 Å². The molecule has 0 radical (unpaired) electrons. The zero-order valence-corrected chi connectivity index (χ0v) is 13.0. The van der Waals surface area contributed by atoms with Crippen molar-refractivity contribution in [3.63, 3.8) is 0 Å². The van der Waals surface area contributed by atoms with Crippen molar-refractivity contribution in [3.05, 3.63) is 58.3 Å². The van der Waals surface area contributed by atoms with Gasteiger partial charge in [0.25, 0.3) is 5.92 Å². The molecule has 0 fully saturated rings. The Morgan fingerprint density at radius 1 is 1.45 bits per heavy atom. The summed E-state index contributed by atoms with van der Waals surface area (Å²) in [5.41, 5.74) is 2.02. The largest absolute Gasteiger partial charge is 0.379 e. The van der Waals surface area contributed by atoms with Crippen LogP contribution >= 0.6 is 11.6 Å². The Balaban J connectivity index is 2.90. The first-order valence-corrected chi connectivity index (χ1v) is 6.81. The van der Waals surface area contributed by atoms with Gasteiger partial charge in [-0.25, -0.2) is 8.78 Å². The Morgan fingerprint density at radius 2 is 2.05 bits per heavy atom. The summed E-state index contributed by atoms with van der Waals surface area (Å²) >= 11 is 6.18. The molecule has 20 heavy (non-hydrogen) atoms. The lowest BCUT2D eigenvalue weighted by Crippen LogP contribution is -2.25. The Hall–Kier alpha value is -1.35. The maximum atomic E-state index is 13.4. The lowest BCUT2D eigenvalue weighted by atomic mass is 10.0. The van der Waals surface area contributed by atoms with E-state index in [0.29, 0.717) is 5.02 Å². The second-order valence-electron chi connectivity index (χ2n) is 4.96. The van der Waals surface area contributed by atoms with Crippen molar-refractivity contribution in [2.24, 2.45) is 0 Å². The first-order chi connectivity index (χ1) is 9.16. The second-order valence-corrected chi connectivity index (χ2v) is 5.37. The van der Waals surface area contributed by atoms with Gasteiger partial charge in [-0.05, 0) is 38.0 Å². The molecule has 0 aliphatic carbocycles. The number of nitrogens with one attached hydrogen (secondary N) is 1. The number of aryl methyl sites for hydroxylation is 1. The summed E-state index contributed by atoms with van der Waals surface area (Å²) in [5, 5.41) is 3.60. The van der Waals surface area contributed by atoms with Crippen LogP contribution in [0.2, 0.25) is 5.02 Å². The quantitative estimate of drug-likeness (QED) is 0.716. The van der Waals surface area contributed by atoms with Crippen molar-refractivity contribution in [3.8, 4) is 0 Å². The molecule has 1 aromatic carbocycles. The van der Waals surface area contributed by atoms with Gasteiger partial charge in [-0.1, -0.05) is 36.4 Å². The monoisotopic (exact) mass is 299 g/mol. The van der Waals surface area contributed by atoms with Crippen LogP contribution in [0.1, 0.15) is 37.9 Å². The molecule has 1 unspecified atom stereocenters. The van der Waals surface area contributed by atoms with E-state index in [0.717, 1.165) is 18.1 Å². The minimum absolute atomic E-state index is 0.104. The zero-order valence-electron chi connectivity index (χ0n) is 12.2. The number of benzene rings is 1. The van der Waals surface area contributed by atoms with Crippen molar-refractivity contribution in [1.82, 2.24) is 5.32 Å². The summed E-state index contributed by atoms with van der Waals surface area (Å²) < 4.78 is 26.9. The number of hydrogen-bond acceptors (Lipinski definition) is 1. The van der Waals surface area contributed by atoms with Crippen LogP contribution in [-0.2, 0) is 0 Å². The molecular formula is C16H20ClF2N. The van der Waals surface area contributed by atoms with E-state index in [1.807, 2.05) is 32.0 Å². The molecular weight excluding hydrogens is 280 g/mol. The average Bonchev–Trinajstić information content (AvgIpc) is 2.27. The van der Waals surface area contributed by atoms with E-state index in [1.54, 1.807) is 6.92 Å². The summed E-state index contributed by atoms with van der Waals surface area (Å²) in [6.45, 7) is 9.95. The molecule has 1 N–H and O–H groups in total. The fraction of sp³-hybridized carbons (Fsp3) is 0.375. The van der Waals surface area contributed by atoms with Crippen LogP contribution in [0.25, 0.3) is 0 Å². The van der Waals surface area contributed by atoms with Crippen LogP contribution in [-0.4, -0.2) is 5.92 Å². The maximum Gasteiger partial charge on any atom is 0.272 e. The average molecular weight is 300 g/mol. The van der Waals surface area contributed by atoms with E-state index >= 15 is 0 Å². The van der Waals surface area contributed by atoms with Gasteiger partial charge in [0.05, 0.1) is 0 Å². The zero-order chi connectivity index (χ0) is 15.5. The van der Waals surface area contributed by atoms with Gasteiger partial charge in [-0.2, -0.15) is 0 Å². The number of allylic oxidation sites excluding steroid dienone is 2. The standard InChI is InChI=1S/C16H20ClF2N/c1-6-14(16(5,18)19)12(4)20-11(3)13-8-7-10(2)9-15(13)17/h6-9,11,20H,4H2,1-3,5H3/b14-6+. The van der Waals surface area contributed by atoms with Crippen molar-refractivity contribution in [1.29, 1.82) is 0 Å². The van der Waals surface area contributed by atoms with Gasteiger partial charge in [0.1, 0.15) is 0 Å². The number of rotatable bonds is 5. The van der Waals surface area contributed by atoms with Crippen molar-refractivity contribution < 1.29 is 8.78 Å². The van der Waals surface area contributed by atoms with Crippen LogP contribution in [0.3, 0.4) is 0 Å². The Morgan fingerprint density at radius 3 is 2.50 bits per heavy atom. The Labute approximate surface area is 124 Å². The molecule has 0 saturated heterocycles. The van der Waals surface area contributed by atoms with Crippen molar-refractivity contribution in [2.75, 3.05) is 0 Å². The van der Waals surface area contributed by atoms with E-state index in [4.69, 9.17) is 11.6 Å². The first-order valence-electron chi connectivity index (χ1n) is 6.43. The Bertz CT molecular complexity index is 530. The predicted octanol–water partition coefficient (Wildman–Crippen LogP) is 5.41. The highest BCUT2D eigenvalue weighted by molar-refractivity contribution is 6.31. The molecule has 0 aliphatic rings. The van der Waals surface area contributed by atoms with Crippen LogP contribution in [0, 0.1) is 6.92 Å². The summed E-state index contributed by atoms with van der Waals surface area (Å²) in [6, 6.07) is 5.48. The van der Waals surface area contributed by atoms with Gasteiger partial charge in [0.2, 0.25) is 0 Å². The molecule has 0 aliphatic heterocycles. The number of halogens is 3. The van der Waals surface area contributed by atoms with E-state index in [-0.39, 0.29) is 17.3 Å². The molecule has 0 bridgehead atoms. The highest BCUT2D eigenvalue weighted by atomic mass is 35.5. The third kappa shape index (κ3) is 4.07. The van der Waals surface area contributed by atoms with Gasteiger partial charge in [0, 0.05) is 29.3 Å². The smallest absolute Gasteiger partial charge is 0.272 e. The summed E-state index contributed by atoms with van der Waals surface area (Å²) in [7, 11) is 0. The molecule has 4 heteroatoms. The Kier molecular flexibility index (Phi) is 5.35. The fourth-order valence-electron chi connectivity index (χ4n) is 2.09. The minimum atomic E-state index is -2.92. The minimum Gasteiger partial charge on any atom is -0.379 e. The fourth-order valence-corrected chi connectivity index (χ4v) is 2.49. The van der Waals surface area contributed by atoms with E-state index < -0.39 is 5.92 Å². The maximum absolute atomic E-state index is 13.4. The SMILES string of the molecule is C=C(NC(C)c1ccc(C)cc1Cl)/C(=C\C)C(C)(F)F. The lowest BCUT2D eigenvalue weighted by Gasteiger charge is -2.23. The normalized spacial score (nSPS) is 14.1. The summed E-state index contributed by atoms with van der Waals surface area (Å²) in [5.74, 6) is -2.92. The van der Waals surface area contributed by atoms with Crippen LogP contribution < -0.4 is 5.32 Å². The van der Waals surface area contributed by atoms with E-state index in [9.17, 15) is 8.78 Å². The lowest BCUT2D eigenvalue weighted by molar-refractivity contribution is 0.0647. The van der Waals surface area contributed by atoms with E-state index in [1.165, 1.54) is 6.08 Å². The molecule has 0 heterocycles. The third-order valence-electron chi connectivity index (χ3n) is 3.10. The number of hydrogen-bond donors (Lipinski definition) is 1. The molecule has 1 nitrogen and oxygen atoms in total. The topological polar surface area (TPSA) is 12.0 Å². The molecule has 1 rings (SSSR count). The van der Waals surface area contributed by atoms with Gasteiger partial charge >= 0.3 is 0 Å². The highest BCUT2D eigenvalue weighted by Crippen LogP contribution is 2.30. The molecule has 0 spiro atoms. The number of alkyl halides is 2. The van der Waals surface area contributed by atoms with Crippen LogP contribution in [0.5, 0.6) is 0 Å². The van der Waals surface area contributed by atoms with Gasteiger partial charge in [-0.3, -0.25) is 0 Å². The van der Waals surface area contributed by atoms with Crippen LogP contribution in [0.15, 0.2) is 42.1 Å². The molecule has 1 aromatic rings. The predicted molar refractivity (Wildman–Crippen MR) is 81.3 cm³/mol. The molecule has 0 aromatic heterocycles. The molecule has 0 saturated carbocycles. The van der Waals surface area contributed by atoms with Crippen molar-refractivity contribution in [2.45, 2.75) is 39.7 Å². The second kappa shape index (κ2) is 6.40.